The van der Waals surface area contributed by atoms with E-state index in [1.54, 1.807) is 28.5 Å². The topological polar surface area (TPSA) is 78.8 Å². The lowest BCUT2D eigenvalue weighted by atomic mass is 9.94. The zero-order valence-electron chi connectivity index (χ0n) is 15.8. The van der Waals surface area contributed by atoms with Gasteiger partial charge in [-0.3, -0.25) is 9.52 Å². The SMILES string of the molecule is CC(C)(C)C(=O)N1N=C(c2ccc(NS(C)(=O)=O)cc2)C[C@H]1c1cccs1. The van der Waals surface area contributed by atoms with E-state index >= 15 is 0 Å². The molecule has 1 N–H and O–H groups in total. The number of hydrazone groups is 1. The molecule has 0 fully saturated rings. The molecule has 27 heavy (non-hydrogen) atoms. The summed E-state index contributed by atoms with van der Waals surface area (Å²) >= 11 is 1.61. The average molecular weight is 406 g/mol. The van der Waals surface area contributed by atoms with E-state index in [1.165, 1.54) is 0 Å². The number of carbonyl (C=O) groups is 1. The van der Waals surface area contributed by atoms with Crippen LogP contribution < -0.4 is 4.72 Å². The molecule has 8 heteroatoms. The first-order valence-electron chi connectivity index (χ1n) is 8.57. The predicted molar refractivity (Wildman–Crippen MR) is 109 cm³/mol. The van der Waals surface area contributed by atoms with Gasteiger partial charge in [-0.25, -0.2) is 13.4 Å². The molecule has 1 atom stereocenters. The van der Waals surface area contributed by atoms with Crippen LogP contribution in [0.5, 0.6) is 0 Å². The molecule has 0 radical (unpaired) electrons. The number of hydrogen-bond donors (Lipinski definition) is 1. The zero-order valence-corrected chi connectivity index (χ0v) is 17.4. The fourth-order valence-corrected chi connectivity index (χ4v) is 4.24. The standard InChI is InChI=1S/C19H23N3O3S2/c1-19(2,3)18(23)22-16(17-6-5-11-26-17)12-15(20-22)13-7-9-14(10-8-13)21-27(4,24)25/h5-11,16,21H,12H2,1-4H3/t16-/m0/s1. The van der Waals surface area contributed by atoms with Gasteiger partial charge >= 0.3 is 0 Å². The van der Waals surface area contributed by atoms with Crippen LogP contribution in [0.3, 0.4) is 0 Å². The third-order valence-corrected chi connectivity index (χ3v) is 5.73. The largest absolute Gasteiger partial charge is 0.284 e. The maximum Gasteiger partial charge on any atom is 0.248 e. The van der Waals surface area contributed by atoms with Crippen LogP contribution in [0.4, 0.5) is 5.69 Å². The van der Waals surface area contributed by atoms with Gasteiger partial charge in [0.15, 0.2) is 0 Å². The summed E-state index contributed by atoms with van der Waals surface area (Å²) in [4.78, 5) is 14.0. The quantitative estimate of drug-likeness (QED) is 0.839. The Bertz CT molecular complexity index is 957. The van der Waals surface area contributed by atoms with Gasteiger partial charge in [-0.05, 0) is 29.1 Å². The molecule has 0 unspecified atom stereocenters. The first kappa shape index (κ1) is 19.6. The smallest absolute Gasteiger partial charge is 0.248 e. The summed E-state index contributed by atoms with van der Waals surface area (Å²) in [5.41, 5.74) is 1.66. The van der Waals surface area contributed by atoms with Gasteiger partial charge in [-0.2, -0.15) is 5.10 Å². The summed E-state index contributed by atoms with van der Waals surface area (Å²) < 4.78 is 25.1. The van der Waals surface area contributed by atoms with Gasteiger partial charge < -0.3 is 0 Å². The molecule has 0 spiro atoms. The van der Waals surface area contributed by atoms with E-state index in [4.69, 9.17) is 0 Å². The van der Waals surface area contributed by atoms with Crippen molar-refractivity contribution in [3.8, 4) is 0 Å². The summed E-state index contributed by atoms with van der Waals surface area (Å²) in [7, 11) is -3.32. The molecule has 2 aromatic rings. The average Bonchev–Trinajstić information content (AvgIpc) is 3.21. The second-order valence-corrected chi connectivity index (χ2v) is 10.4. The highest BCUT2D eigenvalue weighted by atomic mass is 32.2. The molecule has 1 aromatic carbocycles. The summed E-state index contributed by atoms with van der Waals surface area (Å²) in [5, 5.41) is 8.23. The molecule has 0 saturated heterocycles. The summed E-state index contributed by atoms with van der Waals surface area (Å²) in [6.07, 6.45) is 1.74. The lowest BCUT2D eigenvalue weighted by Crippen LogP contribution is -2.36. The fourth-order valence-electron chi connectivity index (χ4n) is 2.86. The van der Waals surface area contributed by atoms with Gasteiger partial charge in [0.2, 0.25) is 15.9 Å². The number of thiophene rings is 1. The van der Waals surface area contributed by atoms with Crippen LogP contribution >= 0.6 is 11.3 Å². The zero-order chi connectivity index (χ0) is 19.8. The molecule has 1 aliphatic heterocycles. The Morgan fingerprint density at radius 2 is 1.89 bits per heavy atom. The number of hydrogen-bond acceptors (Lipinski definition) is 5. The van der Waals surface area contributed by atoms with Crippen molar-refractivity contribution in [2.24, 2.45) is 10.5 Å². The number of nitrogens with zero attached hydrogens (tertiary/aromatic N) is 2. The van der Waals surface area contributed by atoms with Gasteiger partial charge in [0.25, 0.3) is 0 Å². The Hall–Kier alpha value is -2.19. The number of amides is 1. The molecule has 0 aliphatic carbocycles. The Labute approximate surface area is 164 Å². The minimum atomic E-state index is -3.32. The molecule has 1 aromatic heterocycles. The number of benzene rings is 1. The molecule has 3 rings (SSSR count). The maximum atomic E-state index is 12.9. The van der Waals surface area contributed by atoms with Crippen LogP contribution in [0.25, 0.3) is 0 Å². The monoisotopic (exact) mass is 405 g/mol. The number of sulfonamides is 1. The lowest BCUT2D eigenvalue weighted by Gasteiger charge is -2.27. The number of nitrogens with one attached hydrogen (secondary N) is 1. The van der Waals surface area contributed by atoms with Crippen molar-refractivity contribution in [2.45, 2.75) is 33.2 Å². The van der Waals surface area contributed by atoms with Gasteiger partial charge in [0.1, 0.15) is 0 Å². The number of anilines is 1. The van der Waals surface area contributed by atoms with E-state index in [0.29, 0.717) is 12.1 Å². The summed E-state index contributed by atoms with van der Waals surface area (Å²) in [6.45, 7) is 5.67. The highest BCUT2D eigenvalue weighted by Crippen LogP contribution is 2.37. The normalized spacial score (nSPS) is 17.7. The van der Waals surface area contributed by atoms with E-state index in [9.17, 15) is 13.2 Å². The molecule has 1 amide bonds. The van der Waals surface area contributed by atoms with Crippen LogP contribution in [0, 0.1) is 5.41 Å². The molecule has 0 saturated carbocycles. The predicted octanol–water partition coefficient (Wildman–Crippen LogP) is 3.84. The van der Waals surface area contributed by atoms with E-state index < -0.39 is 15.4 Å². The Morgan fingerprint density at radius 1 is 1.22 bits per heavy atom. The Morgan fingerprint density at radius 3 is 2.41 bits per heavy atom. The van der Waals surface area contributed by atoms with Crippen molar-refractivity contribution < 1.29 is 13.2 Å². The molecular formula is C19H23N3O3S2. The van der Waals surface area contributed by atoms with Crippen molar-refractivity contribution in [1.82, 2.24) is 5.01 Å². The van der Waals surface area contributed by atoms with Gasteiger partial charge in [-0.15, -0.1) is 11.3 Å². The minimum Gasteiger partial charge on any atom is -0.284 e. The van der Waals surface area contributed by atoms with E-state index in [-0.39, 0.29) is 11.9 Å². The Kier molecular flexibility index (Phi) is 5.14. The Balaban J connectivity index is 1.90. The maximum absolute atomic E-state index is 12.9. The van der Waals surface area contributed by atoms with Crippen LogP contribution in [0.15, 0.2) is 46.9 Å². The van der Waals surface area contributed by atoms with Crippen LogP contribution in [-0.2, 0) is 14.8 Å². The second-order valence-electron chi connectivity index (χ2n) is 7.63. The molecule has 144 valence electrons. The van der Waals surface area contributed by atoms with Crippen LogP contribution in [-0.4, -0.2) is 31.3 Å². The molecule has 6 nitrogen and oxygen atoms in total. The van der Waals surface area contributed by atoms with Crippen LogP contribution in [0.1, 0.15) is 43.7 Å². The van der Waals surface area contributed by atoms with Crippen molar-refractivity contribution in [1.29, 1.82) is 0 Å². The molecule has 2 heterocycles. The third-order valence-electron chi connectivity index (χ3n) is 4.15. The highest BCUT2D eigenvalue weighted by Gasteiger charge is 2.38. The second kappa shape index (κ2) is 7.09. The van der Waals surface area contributed by atoms with Crippen LogP contribution in [0.2, 0.25) is 0 Å². The third kappa shape index (κ3) is 4.56. The van der Waals surface area contributed by atoms with Gasteiger partial charge in [0, 0.05) is 22.4 Å². The van der Waals surface area contributed by atoms with Crippen molar-refractivity contribution >= 4 is 38.7 Å². The van der Waals surface area contributed by atoms with Gasteiger partial charge in [0.05, 0.1) is 18.0 Å². The number of carbonyl (C=O) groups excluding carboxylic acids is 1. The number of rotatable bonds is 4. The summed E-state index contributed by atoms with van der Waals surface area (Å²) in [5.74, 6) is -0.0220. The molecule has 0 bridgehead atoms. The lowest BCUT2D eigenvalue weighted by molar-refractivity contribution is -0.141. The first-order valence-corrected chi connectivity index (χ1v) is 11.3. The van der Waals surface area contributed by atoms with Crippen molar-refractivity contribution in [2.75, 3.05) is 11.0 Å². The highest BCUT2D eigenvalue weighted by molar-refractivity contribution is 7.92. The van der Waals surface area contributed by atoms with Crippen molar-refractivity contribution in [3.05, 3.63) is 52.2 Å². The summed E-state index contributed by atoms with van der Waals surface area (Å²) in [6, 6.07) is 10.9. The van der Waals surface area contributed by atoms with E-state index in [0.717, 1.165) is 22.4 Å². The minimum absolute atomic E-state index is 0.0220. The fraction of sp³-hybridized carbons (Fsp3) is 0.368. The van der Waals surface area contributed by atoms with E-state index in [1.807, 2.05) is 50.4 Å². The first-order chi connectivity index (χ1) is 12.5. The van der Waals surface area contributed by atoms with Gasteiger partial charge in [-0.1, -0.05) is 39.0 Å². The van der Waals surface area contributed by atoms with Crippen molar-refractivity contribution in [3.63, 3.8) is 0 Å². The molecule has 1 aliphatic rings. The van der Waals surface area contributed by atoms with E-state index in [2.05, 4.69) is 9.82 Å². The molecular weight excluding hydrogens is 382 g/mol.